The third-order valence-corrected chi connectivity index (χ3v) is 3.08. The van der Waals surface area contributed by atoms with Gasteiger partial charge in [-0.25, -0.2) is 0 Å². The first-order valence-electron chi connectivity index (χ1n) is 6.12. The van der Waals surface area contributed by atoms with Crippen LogP contribution in [0.5, 0.6) is 28.7 Å². The van der Waals surface area contributed by atoms with E-state index in [0.717, 1.165) is 0 Å². The Bertz CT molecular complexity index is 621. The lowest BCUT2D eigenvalue weighted by Crippen LogP contribution is -1.97. The minimum atomic E-state index is 0.455. The molecule has 21 heavy (non-hydrogen) atoms. The van der Waals surface area contributed by atoms with Crippen molar-refractivity contribution in [2.45, 2.75) is 0 Å². The van der Waals surface area contributed by atoms with E-state index in [1.165, 1.54) is 21.3 Å². The molecule has 0 unspecified atom stereocenters. The second-order valence-electron chi connectivity index (χ2n) is 4.15. The molecular formula is C15H16ClNO4. The molecule has 2 rings (SSSR count). The molecule has 0 aliphatic rings. The van der Waals surface area contributed by atoms with Gasteiger partial charge in [-0.3, -0.25) is 0 Å². The average Bonchev–Trinajstić information content (AvgIpc) is 2.49. The van der Waals surface area contributed by atoms with Crippen LogP contribution in [0.1, 0.15) is 0 Å². The first kappa shape index (κ1) is 15.1. The van der Waals surface area contributed by atoms with Crippen LogP contribution >= 0.6 is 11.6 Å². The summed E-state index contributed by atoms with van der Waals surface area (Å²) in [5.41, 5.74) is 6.34. The molecule has 0 aromatic heterocycles. The number of halogens is 1. The van der Waals surface area contributed by atoms with Crippen LogP contribution in [0.15, 0.2) is 30.3 Å². The second-order valence-corrected chi connectivity index (χ2v) is 4.58. The standard InChI is InChI=1S/C15H16ClNO4/c1-18-13-7-10(8-14(19-2)15(13)20-3)21-12-6-9(16)4-5-11(12)17/h4-8H,17H2,1-3H3. The van der Waals surface area contributed by atoms with Crippen molar-refractivity contribution in [2.75, 3.05) is 27.1 Å². The summed E-state index contributed by atoms with van der Waals surface area (Å²) in [6.45, 7) is 0. The monoisotopic (exact) mass is 309 g/mol. The van der Waals surface area contributed by atoms with E-state index in [4.69, 9.17) is 36.3 Å². The van der Waals surface area contributed by atoms with E-state index in [2.05, 4.69) is 0 Å². The first-order valence-corrected chi connectivity index (χ1v) is 6.49. The third kappa shape index (κ3) is 3.25. The zero-order chi connectivity index (χ0) is 15.4. The smallest absolute Gasteiger partial charge is 0.203 e. The Hall–Kier alpha value is -2.27. The number of benzene rings is 2. The van der Waals surface area contributed by atoms with Crippen molar-refractivity contribution in [3.05, 3.63) is 35.4 Å². The maximum Gasteiger partial charge on any atom is 0.203 e. The molecule has 0 radical (unpaired) electrons. The quantitative estimate of drug-likeness (QED) is 0.852. The molecule has 2 aromatic carbocycles. The maximum absolute atomic E-state index is 5.94. The largest absolute Gasteiger partial charge is 0.493 e. The number of anilines is 1. The van der Waals surface area contributed by atoms with E-state index in [9.17, 15) is 0 Å². The Labute approximate surface area is 128 Å². The van der Waals surface area contributed by atoms with Gasteiger partial charge in [0, 0.05) is 23.2 Å². The van der Waals surface area contributed by atoms with Crippen LogP contribution in [0.2, 0.25) is 5.02 Å². The molecular weight excluding hydrogens is 294 g/mol. The average molecular weight is 310 g/mol. The van der Waals surface area contributed by atoms with Gasteiger partial charge in [-0.05, 0) is 12.1 Å². The minimum Gasteiger partial charge on any atom is -0.493 e. The van der Waals surface area contributed by atoms with Crippen molar-refractivity contribution in [3.63, 3.8) is 0 Å². The molecule has 0 heterocycles. The maximum atomic E-state index is 5.94. The molecule has 2 aromatic rings. The molecule has 0 amide bonds. The predicted molar refractivity (Wildman–Crippen MR) is 82.0 cm³/mol. The molecule has 0 bridgehead atoms. The molecule has 0 aliphatic heterocycles. The van der Waals surface area contributed by atoms with Crippen molar-refractivity contribution in [1.29, 1.82) is 0 Å². The van der Waals surface area contributed by atoms with Crippen LogP contribution in [0.4, 0.5) is 5.69 Å². The lowest BCUT2D eigenvalue weighted by Gasteiger charge is -2.15. The summed E-state index contributed by atoms with van der Waals surface area (Å²) in [5.74, 6) is 2.43. The Kier molecular flexibility index (Phi) is 4.65. The number of nitrogens with two attached hydrogens (primary N) is 1. The van der Waals surface area contributed by atoms with E-state index in [0.29, 0.717) is 39.5 Å². The predicted octanol–water partition coefficient (Wildman–Crippen LogP) is 3.74. The number of ether oxygens (including phenoxy) is 4. The number of nitrogen functional groups attached to an aromatic ring is 1. The van der Waals surface area contributed by atoms with E-state index in [1.807, 2.05) is 0 Å². The number of rotatable bonds is 5. The lowest BCUT2D eigenvalue weighted by molar-refractivity contribution is 0.321. The van der Waals surface area contributed by atoms with Crippen molar-refractivity contribution < 1.29 is 18.9 Å². The minimum absolute atomic E-state index is 0.455. The summed E-state index contributed by atoms with van der Waals surface area (Å²) in [5, 5.41) is 0.534. The van der Waals surface area contributed by atoms with Crippen molar-refractivity contribution in [1.82, 2.24) is 0 Å². The van der Waals surface area contributed by atoms with Crippen molar-refractivity contribution >= 4 is 17.3 Å². The van der Waals surface area contributed by atoms with Crippen LogP contribution in [-0.4, -0.2) is 21.3 Å². The van der Waals surface area contributed by atoms with Crippen LogP contribution in [0, 0.1) is 0 Å². The lowest BCUT2D eigenvalue weighted by atomic mass is 10.2. The highest BCUT2D eigenvalue weighted by molar-refractivity contribution is 6.30. The van der Waals surface area contributed by atoms with Crippen LogP contribution in [0.3, 0.4) is 0 Å². The molecule has 2 N–H and O–H groups in total. The molecule has 0 atom stereocenters. The number of methoxy groups -OCH3 is 3. The summed E-state index contributed by atoms with van der Waals surface area (Å²) in [4.78, 5) is 0. The van der Waals surface area contributed by atoms with Gasteiger partial charge in [0.1, 0.15) is 5.75 Å². The Balaban J connectivity index is 2.42. The highest BCUT2D eigenvalue weighted by atomic mass is 35.5. The molecule has 0 aliphatic carbocycles. The fourth-order valence-electron chi connectivity index (χ4n) is 1.84. The topological polar surface area (TPSA) is 62.9 Å². The Morgan fingerprint density at radius 3 is 2.00 bits per heavy atom. The third-order valence-electron chi connectivity index (χ3n) is 2.84. The van der Waals surface area contributed by atoms with Gasteiger partial charge < -0.3 is 24.7 Å². The summed E-state index contributed by atoms with van der Waals surface area (Å²) < 4.78 is 21.5. The molecule has 5 nitrogen and oxygen atoms in total. The van der Waals surface area contributed by atoms with E-state index in [1.54, 1.807) is 30.3 Å². The Morgan fingerprint density at radius 2 is 1.48 bits per heavy atom. The Morgan fingerprint density at radius 1 is 0.857 bits per heavy atom. The van der Waals surface area contributed by atoms with Gasteiger partial charge in [0.2, 0.25) is 5.75 Å². The molecule has 0 saturated heterocycles. The van der Waals surface area contributed by atoms with Gasteiger partial charge in [0.05, 0.1) is 27.0 Å². The van der Waals surface area contributed by atoms with Crippen LogP contribution < -0.4 is 24.7 Å². The van der Waals surface area contributed by atoms with Crippen molar-refractivity contribution in [2.24, 2.45) is 0 Å². The summed E-state index contributed by atoms with van der Waals surface area (Å²) >= 11 is 5.94. The molecule has 6 heteroatoms. The molecule has 112 valence electrons. The van der Waals surface area contributed by atoms with Crippen LogP contribution in [-0.2, 0) is 0 Å². The summed E-state index contributed by atoms with van der Waals surface area (Å²) in [6, 6.07) is 8.37. The molecule has 0 fully saturated rings. The van der Waals surface area contributed by atoms with Gasteiger partial charge in [0.25, 0.3) is 0 Å². The number of hydrogen-bond acceptors (Lipinski definition) is 5. The molecule has 0 saturated carbocycles. The summed E-state index contributed by atoms with van der Waals surface area (Å²) in [6.07, 6.45) is 0. The van der Waals surface area contributed by atoms with Crippen LogP contribution in [0.25, 0.3) is 0 Å². The number of hydrogen-bond donors (Lipinski definition) is 1. The van der Waals surface area contributed by atoms with Gasteiger partial charge >= 0.3 is 0 Å². The zero-order valence-corrected chi connectivity index (χ0v) is 12.7. The highest BCUT2D eigenvalue weighted by Gasteiger charge is 2.15. The van der Waals surface area contributed by atoms with Gasteiger partial charge in [-0.15, -0.1) is 0 Å². The normalized spacial score (nSPS) is 10.1. The second kappa shape index (κ2) is 6.45. The van der Waals surface area contributed by atoms with Gasteiger partial charge in [-0.1, -0.05) is 11.6 Å². The fourth-order valence-corrected chi connectivity index (χ4v) is 2.00. The van der Waals surface area contributed by atoms with E-state index >= 15 is 0 Å². The van der Waals surface area contributed by atoms with Crippen molar-refractivity contribution in [3.8, 4) is 28.7 Å². The SMILES string of the molecule is COc1cc(Oc2cc(Cl)ccc2N)cc(OC)c1OC. The molecule has 0 spiro atoms. The first-order chi connectivity index (χ1) is 10.1. The zero-order valence-electron chi connectivity index (χ0n) is 12.0. The van der Waals surface area contributed by atoms with E-state index in [-0.39, 0.29) is 0 Å². The fraction of sp³-hybridized carbons (Fsp3) is 0.200. The van der Waals surface area contributed by atoms with E-state index < -0.39 is 0 Å². The summed E-state index contributed by atoms with van der Waals surface area (Å²) in [7, 11) is 4.61. The van der Waals surface area contributed by atoms with Gasteiger partial charge in [0.15, 0.2) is 17.2 Å². The highest BCUT2D eigenvalue weighted by Crippen LogP contribution is 2.42. The van der Waals surface area contributed by atoms with Gasteiger partial charge in [-0.2, -0.15) is 0 Å².